The second kappa shape index (κ2) is 8.39. The van der Waals surface area contributed by atoms with Crippen molar-refractivity contribution in [2.45, 2.75) is 45.3 Å². The maximum Gasteiger partial charge on any atom is 0.410 e. The molecule has 0 bridgehead atoms. The first-order chi connectivity index (χ1) is 11.7. The number of hydrogen-bond acceptors (Lipinski definition) is 3. The van der Waals surface area contributed by atoms with Crippen LogP contribution in [0.2, 0.25) is 5.02 Å². The van der Waals surface area contributed by atoms with E-state index in [1.807, 2.05) is 32.9 Å². The van der Waals surface area contributed by atoms with Crippen molar-refractivity contribution >= 4 is 29.7 Å². The van der Waals surface area contributed by atoms with E-state index in [-0.39, 0.29) is 18.0 Å². The van der Waals surface area contributed by atoms with Crippen molar-refractivity contribution in [3.8, 4) is 0 Å². The summed E-state index contributed by atoms with van der Waals surface area (Å²) in [5.41, 5.74) is 0.425. The van der Waals surface area contributed by atoms with E-state index >= 15 is 0 Å². The molecule has 1 fully saturated rings. The number of rotatable bonds is 3. The van der Waals surface area contributed by atoms with E-state index in [1.54, 1.807) is 23.1 Å². The first kappa shape index (κ1) is 19.3. The largest absolute Gasteiger partial charge is 0.444 e. The lowest BCUT2D eigenvalue weighted by molar-refractivity contribution is -0.117. The second-order valence-electron chi connectivity index (χ2n) is 7.14. The predicted molar refractivity (Wildman–Crippen MR) is 99.5 cm³/mol. The third kappa shape index (κ3) is 6.78. The number of carbonyl (C=O) groups is 2. The highest BCUT2D eigenvalue weighted by Gasteiger charge is 2.27. The van der Waals surface area contributed by atoms with Crippen molar-refractivity contribution in [1.29, 1.82) is 0 Å². The molecule has 0 saturated carbocycles. The summed E-state index contributed by atoms with van der Waals surface area (Å²) in [6.07, 6.45) is 4.42. The summed E-state index contributed by atoms with van der Waals surface area (Å²) in [6, 6.07) is 7.34. The molecule has 2 rings (SSSR count). The summed E-state index contributed by atoms with van der Waals surface area (Å²) in [6.45, 7) is 6.72. The maximum atomic E-state index is 12.0. The van der Waals surface area contributed by atoms with Gasteiger partial charge in [-0.25, -0.2) is 4.79 Å². The monoisotopic (exact) mass is 364 g/mol. The molecule has 0 unspecified atom stereocenters. The Labute approximate surface area is 154 Å². The van der Waals surface area contributed by atoms with Crippen molar-refractivity contribution in [2.24, 2.45) is 0 Å². The molecule has 0 aliphatic carbocycles. The SMILES string of the molecule is CC(C)(C)OC(=O)N1CCC(NC(=O)/C=C/c2ccc(Cl)cc2)CC1. The molecule has 25 heavy (non-hydrogen) atoms. The van der Waals surface area contributed by atoms with E-state index in [0.717, 1.165) is 18.4 Å². The van der Waals surface area contributed by atoms with E-state index in [9.17, 15) is 9.59 Å². The van der Waals surface area contributed by atoms with Crippen LogP contribution in [0.15, 0.2) is 30.3 Å². The molecule has 0 aromatic heterocycles. The lowest BCUT2D eigenvalue weighted by Crippen LogP contribution is -2.47. The van der Waals surface area contributed by atoms with Gasteiger partial charge in [0, 0.05) is 30.2 Å². The molecule has 136 valence electrons. The van der Waals surface area contributed by atoms with Crippen LogP contribution in [0, 0.1) is 0 Å². The van der Waals surface area contributed by atoms with E-state index in [0.29, 0.717) is 18.1 Å². The first-order valence-electron chi connectivity index (χ1n) is 8.45. The van der Waals surface area contributed by atoms with Gasteiger partial charge < -0.3 is 15.0 Å². The van der Waals surface area contributed by atoms with Gasteiger partial charge in [-0.15, -0.1) is 0 Å². The van der Waals surface area contributed by atoms with Crippen molar-refractivity contribution in [3.63, 3.8) is 0 Å². The van der Waals surface area contributed by atoms with Crippen LogP contribution in [0.4, 0.5) is 4.79 Å². The Balaban J connectivity index is 1.76. The Morgan fingerprint density at radius 3 is 2.36 bits per heavy atom. The van der Waals surface area contributed by atoms with Gasteiger partial charge >= 0.3 is 6.09 Å². The van der Waals surface area contributed by atoms with Crippen molar-refractivity contribution in [3.05, 3.63) is 40.9 Å². The number of hydrogen-bond donors (Lipinski definition) is 1. The molecule has 1 saturated heterocycles. The van der Waals surface area contributed by atoms with Gasteiger partial charge in [-0.1, -0.05) is 23.7 Å². The number of carbonyl (C=O) groups excluding carboxylic acids is 2. The second-order valence-corrected chi connectivity index (χ2v) is 7.57. The van der Waals surface area contributed by atoms with Gasteiger partial charge in [-0.3, -0.25) is 4.79 Å². The van der Waals surface area contributed by atoms with E-state index in [2.05, 4.69) is 5.32 Å². The molecule has 1 heterocycles. The molecule has 1 aromatic carbocycles. The summed E-state index contributed by atoms with van der Waals surface area (Å²) >= 11 is 5.83. The zero-order valence-electron chi connectivity index (χ0n) is 14.9. The quantitative estimate of drug-likeness (QED) is 0.828. The number of likely N-dealkylation sites (tertiary alicyclic amines) is 1. The summed E-state index contributed by atoms with van der Waals surface area (Å²) in [5, 5.41) is 3.64. The summed E-state index contributed by atoms with van der Waals surface area (Å²) in [7, 11) is 0. The van der Waals surface area contributed by atoms with Crippen LogP contribution in [-0.2, 0) is 9.53 Å². The fourth-order valence-corrected chi connectivity index (χ4v) is 2.65. The lowest BCUT2D eigenvalue weighted by Gasteiger charge is -2.33. The highest BCUT2D eigenvalue weighted by Crippen LogP contribution is 2.15. The minimum absolute atomic E-state index is 0.0704. The smallest absolute Gasteiger partial charge is 0.410 e. The predicted octanol–water partition coefficient (Wildman–Crippen LogP) is 3.87. The first-order valence-corrected chi connectivity index (χ1v) is 8.83. The zero-order valence-corrected chi connectivity index (χ0v) is 15.7. The fraction of sp³-hybridized carbons (Fsp3) is 0.474. The molecule has 1 aromatic rings. The van der Waals surface area contributed by atoms with Gasteiger partial charge in [0.1, 0.15) is 5.60 Å². The molecule has 1 aliphatic rings. The van der Waals surface area contributed by atoms with Gasteiger partial charge in [0.15, 0.2) is 0 Å². The van der Waals surface area contributed by atoms with Gasteiger partial charge in [0.2, 0.25) is 5.91 Å². The number of benzene rings is 1. The van der Waals surface area contributed by atoms with Gasteiger partial charge in [0.25, 0.3) is 0 Å². The number of halogens is 1. The average molecular weight is 365 g/mol. The van der Waals surface area contributed by atoms with Crippen LogP contribution < -0.4 is 5.32 Å². The molecule has 0 spiro atoms. The normalized spacial score (nSPS) is 16.1. The number of nitrogens with one attached hydrogen (secondary N) is 1. The van der Waals surface area contributed by atoms with Gasteiger partial charge in [-0.2, -0.15) is 0 Å². The van der Waals surface area contributed by atoms with E-state index in [4.69, 9.17) is 16.3 Å². The van der Waals surface area contributed by atoms with Gasteiger partial charge in [0.05, 0.1) is 0 Å². The number of nitrogens with zero attached hydrogens (tertiary/aromatic N) is 1. The Morgan fingerprint density at radius 1 is 1.20 bits per heavy atom. The number of piperidine rings is 1. The number of ether oxygens (including phenoxy) is 1. The topological polar surface area (TPSA) is 58.6 Å². The van der Waals surface area contributed by atoms with Crippen molar-refractivity contribution in [1.82, 2.24) is 10.2 Å². The fourth-order valence-electron chi connectivity index (χ4n) is 2.53. The Morgan fingerprint density at radius 2 is 1.80 bits per heavy atom. The minimum atomic E-state index is -0.491. The average Bonchev–Trinajstić information content (AvgIpc) is 2.53. The Hall–Kier alpha value is -2.01. The molecule has 5 nitrogen and oxygen atoms in total. The van der Waals surface area contributed by atoms with Gasteiger partial charge in [-0.05, 0) is 57.4 Å². The molecular formula is C19H25ClN2O3. The van der Waals surface area contributed by atoms with E-state index < -0.39 is 5.60 Å². The molecule has 6 heteroatoms. The lowest BCUT2D eigenvalue weighted by atomic mass is 10.1. The highest BCUT2D eigenvalue weighted by atomic mass is 35.5. The molecule has 0 radical (unpaired) electrons. The minimum Gasteiger partial charge on any atom is -0.444 e. The van der Waals surface area contributed by atoms with Crippen molar-refractivity contribution in [2.75, 3.05) is 13.1 Å². The van der Waals surface area contributed by atoms with Crippen LogP contribution in [0.25, 0.3) is 6.08 Å². The molecule has 1 N–H and O–H groups in total. The highest BCUT2D eigenvalue weighted by molar-refractivity contribution is 6.30. The maximum absolute atomic E-state index is 12.0. The van der Waals surface area contributed by atoms with Crippen LogP contribution >= 0.6 is 11.6 Å². The molecular weight excluding hydrogens is 340 g/mol. The summed E-state index contributed by atoms with van der Waals surface area (Å²) < 4.78 is 5.37. The van der Waals surface area contributed by atoms with Crippen LogP contribution in [-0.4, -0.2) is 41.6 Å². The molecule has 1 aliphatic heterocycles. The zero-order chi connectivity index (χ0) is 18.4. The summed E-state index contributed by atoms with van der Waals surface area (Å²) in [4.78, 5) is 25.7. The molecule has 0 atom stereocenters. The van der Waals surface area contributed by atoms with E-state index in [1.165, 1.54) is 6.08 Å². The third-order valence-electron chi connectivity index (χ3n) is 3.79. The Bertz CT molecular complexity index is 627. The summed E-state index contributed by atoms with van der Waals surface area (Å²) in [5.74, 6) is -0.134. The molecule has 2 amide bonds. The van der Waals surface area contributed by atoms with Crippen LogP contribution in [0.1, 0.15) is 39.2 Å². The number of amides is 2. The Kier molecular flexibility index (Phi) is 6.48. The third-order valence-corrected chi connectivity index (χ3v) is 4.04. The van der Waals surface area contributed by atoms with Crippen LogP contribution in [0.5, 0.6) is 0 Å². The standard InChI is InChI=1S/C19H25ClN2O3/c1-19(2,3)25-18(24)22-12-10-16(11-13-22)21-17(23)9-6-14-4-7-15(20)8-5-14/h4-9,16H,10-13H2,1-3H3,(H,21,23)/b9-6+. The van der Waals surface area contributed by atoms with Crippen LogP contribution in [0.3, 0.4) is 0 Å². The van der Waals surface area contributed by atoms with Crippen molar-refractivity contribution < 1.29 is 14.3 Å².